The summed E-state index contributed by atoms with van der Waals surface area (Å²) in [5.74, 6) is 2.70. The van der Waals surface area contributed by atoms with Gasteiger partial charge in [-0.05, 0) is 57.4 Å². The fourth-order valence-corrected chi connectivity index (χ4v) is 4.17. The average molecular weight is 266 g/mol. The highest BCUT2D eigenvalue weighted by atomic mass is 15.2. The molecule has 0 aromatic rings. The van der Waals surface area contributed by atoms with Crippen LogP contribution in [0.4, 0.5) is 0 Å². The topological polar surface area (TPSA) is 15.3 Å². The minimum Gasteiger partial charge on any atom is -0.314 e. The second-order valence-electron chi connectivity index (χ2n) is 7.74. The van der Waals surface area contributed by atoms with Crippen molar-refractivity contribution >= 4 is 0 Å². The van der Waals surface area contributed by atoms with Gasteiger partial charge in [-0.25, -0.2) is 0 Å². The van der Waals surface area contributed by atoms with Crippen molar-refractivity contribution in [2.75, 3.05) is 20.1 Å². The van der Waals surface area contributed by atoms with Gasteiger partial charge in [0.2, 0.25) is 0 Å². The number of hydrogen-bond donors (Lipinski definition) is 1. The third-order valence-electron chi connectivity index (χ3n) is 5.96. The molecule has 1 saturated carbocycles. The third-order valence-corrected chi connectivity index (χ3v) is 5.96. The first-order valence-electron chi connectivity index (χ1n) is 8.38. The Labute approximate surface area is 120 Å². The Morgan fingerprint density at radius 1 is 1.16 bits per heavy atom. The van der Waals surface area contributed by atoms with Crippen LogP contribution < -0.4 is 5.32 Å². The Kier molecular flexibility index (Phi) is 4.94. The normalized spacial score (nSPS) is 36.6. The van der Waals surface area contributed by atoms with Gasteiger partial charge in [0.1, 0.15) is 0 Å². The van der Waals surface area contributed by atoms with Gasteiger partial charge < -0.3 is 5.32 Å². The smallest absolute Gasteiger partial charge is 0.0174 e. The van der Waals surface area contributed by atoms with E-state index in [1.54, 1.807) is 0 Å². The highest BCUT2D eigenvalue weighted by Crippen LogP contribution is 2.38. The minimum atomic E-state index is 0.379. The highest BCUT2D eigenvalue weighted by molar-refractivity contribution is 4.94. The second-order valence-corrected chi connectivity index (χ2v) is 7.74. The molecule has 2 aliphatic rings. The molecule has 2 heteroatoms. The number of hydrogen-bond acceptors (Lipinski definition) is 2. The summed E-state index contributed by atoms with van der Waals surface area (Å²) in [6.45, 7) is 12.3. The Hall–Kier alpha value is -0.0800. The van der Waals surface area contributed by atoms with Gasteiger partial charge in [-0.2, -0.15) is 0 Å². The largest absolute Gasteiger partial charge is 0.314 e. The first kappa shape index (κ1) is 15.3. The fourth-order valence-electron chi connectivity index (χ4n) is 4.17. The first-order chi connectivity index (χ1) is 8.95. The molecule has 2 fully saturated rings. The molecule has 0 aromatic carbocycles. The molecule has 0 amide bonds. The molecular formula is C17H34N2. The lowest BCUT2D eigenvalue weighted by Gasteiger charge is -2.48. The Morgan fingerprint density at radius 3 is 2.32 bits per heavy atom. The van der Waals surface area contributed by atoms with E-state index in [0.717, 1.165) is 23.8 Å². The lowest BCUT2D eigenvalue weighted by molar-refractivity contribution is 0.0274. The molecule has 0 aromatic heterocycles. The van der Waals surface area contributed by atoms with Gasteiger partial charge in [0.25, 0.3) is 0 Å². The molecule has 2 nitrogen and oxygen atoms in total. The Balaban J connectivity index is 1.99. The van der Waals surface area contributed by atoms with E-state index < -0.39 is 0 Å². The quantitative estimate of drug-likeness (QED) is 0.841. The maximum atomic E-state index is 3.52. The zero-order valence-corrected chi connectivity index (χ0v) is 13.7. The number of likely N-dealkylation sites (tertiary alicyclic amines) is 1. The van der Waals surface area contributed by atoms with Crippen LogP contribution in [0.5, 0.6) is 0 Å². The molecule has 3 atom stereocenters. The zero-order valence-electron chi connectivity index (χ0n) is 13.7. The van der Waals surface area contributed by atoms with Gasteiger partial charge in [0, 0.05) is 24.7 Å². The predicted molar refractivity (Wildman–Crippen MR) is 83.4 cm³/mol. The maximum Gasteiger partial charge on any atom is 0.0174 e. The van der Waals surface area contributed by atoms with Crippen molar-refractivity contribution in [2.45, 2.75) is 71.4 Å². The van der Waals surface area contributed by atoms with Crippen LogP contribution >= 0.6 is 0 Å². The monoisotopic (exact) mass is 266 g/mol. The van der Waals surface area contributed by atoms with Crippen molar-refractivity contribution in [1.29, 1.82) is 0 Å². The van der Waals surface area contributed by atoms with Gasteiger partial charge in [0.05, 0.1) is 0 Å². The molecule has 19 heavy (non-hydrogen) atoms. The van der Waals surface area contributed by atoms with Crippen molar-refractivity contribution in [3.63, 3.8) is 0 Å². The van der Waals surface area contributed by atoms with Crippen molar-refractivity contribution in [2.24, 2.45) is 17.8 Å². The minimum absolute atomic E-state index is 0.379. The predicted octanol–water partition coefficient (Wildman–Crippen LogP) is 3.52. The second kappa shape index (κ2) is 6.13. The Bertz CT molecular complexity index is 279. The molecule has 0 radical (unpaired) electrons. The lowest BCUT2D eigenvalue weighted by Crippen LogP contribution is -2.55. The van der Waals surface area contributed by atoms with Crippen LogP contribution in [0.1, 0.15) is 59.8 Å². The van der Waals surface area contributed by atoms with E-state index in [0.29, 0.717) is 5.54 Å². The lowest BCUT2D eigenvalue weighted by atomic mass is 9.72. The van der Waals surface area contributed by atoms with E-state index >= 15 is 0 Å². The van der Waals surface area contributed by atoms with Gasteiger partial charge in [-0.3, -0.25) is 4.90 Å². The molecule has 0 bridgehead atoms. The molecule has 1 aliphatic heterocycles. The first-order valence-corrected chi connectivity index (χ1v) is 8.38. The molecule has 112 valence electrons. The summed E-state index contributed by atoms with van der Waals surface area (Å²) in [7, 11) is 2.12. The van der Waals surface area contributed by atoms with Crippen molar-refractivity contribution < 1.29 is 0 Å². The third kappa shape index (κ3) is 3.52. The SMILES string of the molecule is CNC1(C)CCN(C2CC(C)CCC2C(C)C)CC1. The Morgan fingerprint density at radius 2 is 1.79 bits per heavy atom. The summed E-state index contributed by atoms with van der Waals surface area (Å²) < 4.78 is 0. The number of nitrogens with zero attached hydrogens (tertiary/aromatic N) is 1. The molecule has 0 spiro atoms. The molecule has 3 unspecified atom stereocenters. The van der Waals surface area contributed by atoms with Gasteiger partial charge in [-0.15, -0.1) is 0 Å². The number of rotatable bonds is 3. The van der Waals surface area contributed by atoms with Crippen molar-refractivity contribution in [3.8, 4) is 0 Å². The van der Waals surface area contributed by atoms with Crippen LogP contribution in [0, 0.1) is 17.8 Å². The van der Waals surface area contributed by atoms with E-state index in [9.17, 15) is 0 Å². The van der Waals surface area contributed by atoms with Gasteiger partial charge in [-0.1, -0.05) is 27.2 Å². The molecular weight excluding hydrogens is 232 g/mol. The van der Waals surface area contributed by atoms with E-state index in [4.69, 9.17) is 0 Å². The summed E-state index contributed by atoms with van der Waals surface area (Å²) in [4.78, 5) is 2.82. The van der Waals surface area contributed by atoms with Crippen LogP contribution in [-0.2, 0) is 0 Å². The van der Waals surface area contributed by atoms with Crippen molar-refractivity contribution in [3.05, 3.63) is 0 Å². The van der Waals surface area contributed by atoms with Gasteiger partial charge in [0.15, 0.2) is 0 Å². The van der Waals surface area contributed by atoms with Crippen molar-refractivity contribution in [1.82, 2.24) is 10.2 Å². The van der Waals surface area contributed by atoms with E-state index in [1.807, 2.05) is 0 Å². The molecule has 1 N–H and O–H groups in total. The summed E-state index contributed by atoms with van der Waals surface area (Å²) >= 11 is 0. The summed E-state index contributed by atoms with van der Waals surface area (Å²) in [5, 5.41) is 3.52. The standard InChI is InChI=1S/C17H34N2/c1-13(2)15-7-6-14(3)12-16(15)19-10-8-17(4,18-5)9-11-19/h13-16,18H,6-12H2,1-5H3. The van der Waals surface area contributed by atoms with E-state index in [-0.39, 0.29) is 0 Å². The molecule has 1 heterocycles. The molecule has 1 aliphatic carbocycles. The van der Waals surface area contributed by atoms with Crippen LogP contribution in [0.3, 0.4) is 0 Å². The average Bonchev–Trinajstić information content (AvgIpc) is 2.39. The zero-order chi connectivity index (χ0) is 14.0. The number of piperidine rings is 1. The summed E-state index contributed by atoms with van der Waals surface area (Å²) in [5.41, 5.74) is 0.379. The summed E-state index contributed by atoms with van der Waals surface area (Å²) in [6, 6.07) is 0.852. The van der Waals surface area contributed by atoms with E-state index in [2.05, 4.69) is 45.0 Å². The molecule has 2 rings (SSSR count). The number of nitrogens with one attached hydrogen (secondary N) is 1. The molecule has 1 saturated heterocycles. The summed E-state index contributed by atoms with van der Waals surface area (Å²) in [6.07, 6.45) is 6.93. The maximum absolute atomic E-state index is 3.52. The van der Waals surface area contributed by atoms with Crippen LogP contribution in [0.25, 0.3) is 0 Å². The van der Waals surface area contributed by atoms with E-state index in [1.165, 1.54) is 45.2 Å². The van der Waals surface area contributed by atoms with Crippen LogP contribution in [0.15, 0.2) is 0 Å². The van der Waals surface area contributed by atoms with Crippen LogP contribution in [0.2, 0.25) is 0 Å². The highest BCUT2D eigenvalue weighted by Gasteiger charge is 2.38. The van der Waals surface area contributed by atoms with Gasteiger partial charge >= 0.3 is 0 Å². The fraction of sp³-hybridized carbons (Fsp3) is 1.00. The van der Waals surface area contributed by atoms with Crippen LogP contribution in [-0.4, -0.2) is 36.6 Å².